The molecule has 6 heteroatoms. The van der Waals surface area contributed by atoms with Gasteiger partial charge in [0.1, 0.15) is 0 Å². The van der Waals surface area contributed by atoms with Crippen molar-refractivity contribution in [3.8, 4) is 0 Å². The van der Waals surface area contributed by atoms with E-state index >= 15 is 0 Å². The quantitative estimate of drug-likeness (QED) is 0.240. The van der Waals surface area contributed by atoms with E-state index in [0.29, 0.717) is 0 Å². The van der Waals surface area contributed by atoms with Crippen molar-refractivity contribution >= 4 is 5.96 Å². The third kappa shape index (κ3) is 6.27. The van der Waals surface area contributed by atoms with Crippen molar-refractivity contribution in [3.05, 3.63) is 0 Å². The number of hydrogen-bond donors (Lipinski definition) is 6. The van der Waals surface area contributed by atoms with E-state index in [9.17, 15) is 0 Å². The van der Waals surface area contributed by atoms with Crippen molar-refractivity contribution in [3.63, 3.8) is 0 Å². The average Bonchev–Trinajstić information content (AvgIpc) is 2.10. The number of rotatable bonds is 6. The third-order valence-electron chi connectivity index (χ3n) is 2.46. The molecular formula is C9H24N6. The van der Waals surface area contributed by atoms with Gasteiger partial charge in [-0.25, -0.2) is 0 Å². The number of guanidine groups is 1. The van der Waals surface area contributed by atoms with Crippen LogP contribution in [0.3, 0.4) is 0 Å². The van der Waals surface area contributed by atoms with Crippen molar-refractivity contribution < 1.29 is 0 Å². The molecule has 0 saturated carbocycles. The van der Waals surface area contributed by atoms with Crippen LogP contribution >= 0.6 is 0 Å². The average molecular weight is 216 g/mol. The van der Waals surface area contributed by atoms with Gasteiger partial charge in [-0.1, -0.05) is 0 Å². The molecule has 15 heavy (non-hydrogen) atoms. The highest BCUT2D eigenvalue weighted by atomic mass is 15.1. The molecule has 0 radical (unpaired) electrons. The summed E-state index contributed by atoms with van der Waals surface area (Å²) in [7, 11) is 0. The molecule has 0 fully saturated rings. The molecule has 0 aromatic heterocycles. The van der Waals surface area contributed by atoms with Crippen LogP contribution in [0.1, 0.15) is 26.7 Å². The lowest BCUT2D eigenvalue weighted by atomic mass is 9.99. The van der Waals surface area contributed by atoms with Gasteiger partial charge in [0.2, 0.25) is 0 Å². The molecule has 0 spiro atoms. The van der Waals surface area contributed by atoms with Crippen LogP contribution in [0, 0.1) is 5.41 Å². The van der Waals surface area contributed by atoms with Gasteiger partial charge in [0, 0.05) is 24.2 Å². The lowest BCUT2D eigenvalue weighted by Gasteiger charge is -2.24. The maximum Gasteiger partial charge on any atom is 0.185 e. The standard InChI is InChI=1S/C9H24N6/c1-5(10)7(12)3-4-8(6(2)11)15-9(13)14/h5-8H,3-4,10-12H2,1-2H3,(H4,13,14,15)/t5?,6-,7-,8?/m0/s1. The van der Waals surface area contributed by atoms with Gasteiger partial charge in [0.15, 0.2) is 5.96 Å². The van der Waals surface area contributed by atoms with Crippen LogP contribution in [0.15, 0.2) is 0 Å². The molecule has 0 aromatic carbocycles. The Kier molecular flexibility index (Phi) is 6.23. The fraction of sp³-hybridized carbons (Fsp3) is 0.889. The zero-order valence-corrected chi connectivity index (χ0v) is 9.53. The fourth-order valence-electron chi connectivity index (χ4n) is 1.30. The highest BCUT2D eigenvalue weighted by Crippen LogP contribution is 2.04. The molecule has 4 atom stereocenters. The first-order valence-corrected chi connectivity index (χ1v) is 5.22. The van der Waals surface area contributed by atoms with E-state index in [1.807, 2.05) is 13.8 Å². The SMILES string of the molecule is CC(N)[C@@H](N)CCC(NC(=N)N)[C@H](C)N. The molecule has 0 aliphatic carbocycles. The van der Waals surface area contributed by atoms with Crippen molar-refractivity contribution in [2.75, 3.05) is 0 Å². The summed E-state index contributed by atoms with van der Waals surface area (Å²) < 4.78 is 0. The predicted molar refractivity (Wildman–Crippen MR) is 63.3 cm³/mol. The van der Waals surface area contributed by atoms with Gasteiger partial charge in [-0.15, -0.1) is 0 Å². The van der Waals surface area contributed by atoms with Crippen LogP contribution < -0.4 is 28.3 Å². The zero-order chi connectivity index (χ0) is 12.0. The first-order chi connectivity index (χ1) is 6.84. The van der Waals surface area contributed by atoms with Gasteiger partial charge in [-0.3, -0.25) is 5.41 Å². The Morgan fingerprint density at radius 1 is 1.13 bits per heavy atom. The molecule has 6 nitrogen and oxygen atoms in total. The second-order valence-corrected chi connectivity index (χ2v) is 4.12. The largest absolute Gasteiger partial charge is 0.370 e. The Morgan fingerprint density at radius 3 is 2.00 bits per heavy atom. The first-order valence-electron chi connectivity index (χ1n) is 5.22. The fourth-order valence-corrected chi connectivity index (χ4v) is 1.30. The van der Waals surface area contributed by atoms with Gasteiger partial charge in [0.25, 0.3) is 0 Å². The Labute approximate surface area is 91.3 Å². The third-order valence-corrected chi connectivity index (χ3v) is 2.46. The molecule has 10 N–H and O–H groups in total. The van der Waals surface area contributed by atoms with E-state index < -0.39 is 0 Å². The lowest BCUT2D eigenvalue weighted by molar-refractivity contribution is 0.420. The second kappa shape index (κ2) is 6.60. The molecule has 0 aromatic rings. The van der Waals surface area contributed by atoms with Gasteiger partial charge in [-0.2, -0.15) is 0 Å². The summed E-state index contributed by atoms with van der Waals surface area (Å²) in [4.78, 5) is 0. The van der Waals surface area contributed by atoms with Crippen LogP contribution in [0.25, 0.3) is 0 Å². The highest BCUT2D eigenvalue weighted by molar-refractivity contribution is 5.74. The summed E-state index contributed by atoms with van der Waals surface area (Å²) >= 11 is 0. The van der Waals surface area contributed by atoms with Crippen molar-refractivity contribution in [2.45, 2.75) is 50.9 Å². The molecule has 0 bridgehead atoms. The van der Waals surface area contributed by atoms with Gasteiger partial charge in [0.05, 0.1) is 0 Å². The Morgan fingerprint density at radius 2 is 1.67 bits per heavy atom. The summed E-state index contributed by atoms with van der Waals surface area (Å²) in [6.45, 7) is 3.75. The molecule has 90 valence electrons. The number of hydrogen-bond acceptors (Lipinski definition) is 4. The Balaban J connectivity index is 4.01. The van der Waals surface area contributed by atoms with Crippen molar-refractivity contribution in [1.82, 2.24) is 5.32 Å². The number of nitrogens with one attached hydrogen (secondary N) is 2. The van der Waals surface area contributed by atoms with E-state index in [4.69, 9.17) is 28.3 Å². The van der Waals surface area contributed by atoms with Crippen molar-refractivity contribution in [2.24, 2.45) is 22.9 Å². The van der Waals surface area contributed by atoms with E-state index in [1.54, 1.807) is 0 Å². The van der Waals surface area contributed by atoms with E-state index in [0.717, 1.165) is 12.8 Å². The van der Waals surface area contributed by atoms with Crippen LogP contribution in [0.5, 0.6) is 0 Å². The van der Waals surface area contributed by atoms with Crippen LogP contribution in [-0.4, -0.2) is 30.1 Å². The molecule has 0 rings (SSSR count). The highest BCUT2D eigenvalue weighted by Gasteiger charge is 2.16. The predicted octanol–water partition coefficient (Wildman–Crippen LogP) is -1.36. The molecule has 0 amide bonds. The van der Waals surface area contributed by atoms with Crippen LogP contribution in [0.2, 0.25) is 0 Å². The van der Waals surface area contributed by atoms with Crippen LogP contribution in [0.4, 0.5) is 0 Å². The first kappa shape index (κ1) is 14.2. The normalized spacial score (nSPS) is 19.0. The Hall–Kier alpha value is -0.850. The molecule has 0 saturated heterocycles. The zero-order valence-electron chi connectivity index (χ0n) is 9.53. The summed E-state index contributed by atoms with van der Waals surface area (Å²) in [5.41, 5.74) is 22.5. The molecule has 2 unspecified atom stereocenters. The Bertz CT molecular complexity index is 191. The topological polar surface area (TPSA) is 140 Å². The second-order valence-electron chi connectivity index (χ2n) is 4.12. The molecular weight excluding hydrogens is 192 g/mol. The molecule has 0 aliphatic rings. The summed E-state index contributed by atoms with van der Waals surface area (Å²) in [5, 5.41) is 9.96. The minimum atomic E-state index is -0.0748. The van der Waals surface area contributed by atoms with Gasteiger partial charge in [-0.05, 0) is 26.7 Å². The molecule has 0 aliphatic heterocycles. The smallest absolute Gasteiger partial charge is 0.185 e. The monoisotopic (exact) mass is 216 g/mol. The summed E-state index contributed by atoms with van der Waals surface area (Å²) in [5.74, 6) is -0.0633. The summed E-state index contributed by atoms with van der Waals surface area (Å²) in [6.07, 6.45) is 1.53. The van der Waals surface area contributed by atoms with E-state index in [1.165, 1.54) is 0 Å². The van der Waals surface area contributed by atoms with E-state index in [-0.39, 0.29) is 30.1 Å². The van der Waals surface area contributed by atoms with Gasteiger partial charge >= 0.3 is 0 Å². The van der Waals surface area contributed by atoms with E-state index in [2.05, 4.69) is 5.32 Å². The lowest BCUT2D eigenvalue weighted by Crippen LogP contribution is -2.49. The maximum absolute atomic E-state index is 7.14. The molecule has 0 heterocycles. The maximum atomic E-state index is 7.14. The number of nitrogens with two attached hydrogens (primary N) is 4. The minimum absolute atomic E-state index is 0.0210. The van der Waals surface area contributed by atoms with Crippen LogP contribution in [-0.2, 0) is 0 Å². The minimum Gasteiger partial charge on any atom is -0.370 e. The summed E-state index contributed by atoms with van der Waals surface area (Å²) in [6, 6.07) is -0.169. The van der Waals surface area contributed by atoms with Gasteiger partial charge < -0.3 is 28.3 Å². The van der Waals surface area contributed by atoms with Crippen molar-refractivity contribution in [1.29, 1.82) is 5.41 Å².